The number of likely N-dealkylation sites (N-methyl/N-ethyl adjacent to an activating group) is 1. The standard InChI is InChI=1S/C31H33FN4O7/c1-35(31(41)43-20-22-5-3-2-4-6-22)12-13-36-25-18-23(17-21-7-9-24(32)10-8-21)19-34-27(25)28(38)26(30(36)40)29(39)33-11-15-42-16-14-37/h2-10,18-19,37-38H,11-17,20H2,1H3,(H,33,39). The number of ether oxygens (including phenoxy) is 2. The SMILES string of the molecule is CN(CCn1c(=O)c(C(=O)NCCOCCO)c(O)c2ncc(Cc3ccc(F)cc3)cc21)C(=O)OCc1ccccc1. The normalized spacial score (nSPS) is 11.0. The maximum atomic E-state index is 13.7. The summed E-state index contributed by atoms with van der Waals surface area (Å²) in [5.41, 5.74) is 1.33. The summed E-state index contributed by atoms with van der Waals surface area (Å²) in [5, 5.41) is 22.4. The van der Waals surface area contributed by atoms with Crippen molar-refractivity contribution in [1.29, 1.82) is 0 Å². The van der Waals surface area contributed by atoms with E-state index in [1.807, 2.05) is 30.3 Å². The molecule has 0 aliphatic heterocycles. The molecule has 2 aromatic carbocycles. The third-order valence-corrected chi connectivity index (χ3v) is 6.63. The molecule has 4 rings (SSSR count). The van der Waals surface area contributed by atoms with Gasteiger partial charge in [0, 0.05) is 32.9 Å². The summed E-state index contributed by atoms with van der Waals surface area (Å²) >= 11 is 0. The zero-order valence-electron chi connectivity index (χ0n) is 23.7. The van der Waals surface area contributed by atoms with Crippen LogP contribution in [0.25, 0.3) is 11.0 Å². The van der Waals surface area contributed by atoms with Gasteiger partial charge in [0.05, 0.1) is 25.3 Å². The highest BCUT2D eigenvalue weighted by Crippen LogP contribution is 2.26. The number of carbonyl (C=O) groups is 2. The van der Waals surface area contributed by atoms with Gasteiger partial charge in [-0.3, -0.25) is 14.6 Å². The molecule has 3 N–H and O–H groups in total. The number of hydrogen-bond donors (Lipinski definition) is 3. The molecule has 2 amide bonds. The smallest absolute Gasteiger partial charge is 0.409 e. The number of pyridine rings is 2. The number of fused-ring (bicyclic) bond motifs is 1. The zero-order valence-corrected chi connectivity index (χ0v) is 23.7. The van der Waals surface area contributed by atoms with Crippen molar-refractivity contribution >= 4 is 23.0 Å². The Kier molecular flexibility index (Phi) is 10.8. The molecule has 0 atom stereocenters. The Morgan fingerprint density at radius 1 is 1.05 bits per heavy atom. The second kappa shape index (κ2) is 14.9. The van der Waals surface area contributed by atoms with Crippen LogP contribution in [0.15, 0.2) is 71.7 Å². The molecule has 0 radical (unpaired) electrons. The van der Waals surface area contributed by atoms with E-state index in [2.05, 4.69) is 10.3 Å². The summed E-state index contributed by atoms with van der Waals surface area (Å²) in [7, 11) is 1.53. The lowest BCUT2D eigenvalue weighted by Crippen LogP contribution is -2.37. The van der Waals surface area contributed by atoms with Crippen LogP contribution in [0.1, 0.15) is 27.0 Å². The third kappa shape index (κ3) is 8.15. The number of nitrogens with one attached hydrogen (secondary N) is 1. The van der Waals surface area contributed by atoms with Gasteiger partial charge in [-0.2, -0.15) is 0 Å². The predicted octanol–water partition coefficient (Wildman–Crippen LogP) is 2.84. The van der Waals surface area contributed by atoms with Gasteiger partial charge in [-0.25, -0.2) is 9.18 Å². The fourth-order valence-electron chi connectivity index (χ4n) is 4.37. The first-order valence-electron chi connectivity index (χ1n) is 13.7. The van der Waals surface area contributed by atoms with E-state index >= 15 is 0 Å². The number of hydrogen-bond acceptors (Lipinski definition) is 8. The van der Waals surface area contributed by atoms with E-state index in [-0.39, 0.29) is 62.9 Å². The molecule has 0 saturated heterocycles. The van der Waals surface area contributed by atoms with Crippen molar-refractivity contribution in [2.45, 2.75) is 19.6 Å². The molecule has 0 unspecified atom stereocenters. The molecule has 12 heteroatoms. The van der Waals surface area contributed by atoms with Crippen molar-refractivity contribution in [3.63, 3.8) is 0 Å². The molecular formula is C31H33FN4O7. The summed E-state index contributed by atoms with van der Waals surface area (Å²) in [6, 6.07) is 16.8. The van der Waals surface area contributed by atoms with Crippen LogP contribution in [-0.2, 0) is 29.0 Å². The Morgan fingerprint density at radius 3 is 2.51 bits per heavy atom. The lowest BCUT2D eigenvalue weighted by atomic mass is 10.1. The summed E-state index contributed by atoms with van der Waals surface area (Å²) < 4.78 is 25.2. The second-order valence-electron chi connectivity index (χ2n) is 9.75. The number of rotatable bonds is 13. The fourth-order valence-corrected chi connectivity index (χ4v) is 4.37. The summed E-state index contributed by atoms with van der Waals surface area (Å²) in [4.78, 5) is 44.9. The van der Waals surface area contributed by atoms with Crippen molar-refractivity contribution in [1.82, 2.24) is 19.8 Å². The summed E-state index contributed by atoms with van der Waals surface area (Å²) in [5.74, 6) is -1.76. The molecule has 226 valence electrons. The van der Waals surface area contributed by atoms with Gasteiger partial charge in [-0.15, -0.1) is 0 Å². The predicted molar refractivity (Wildman–Crippen MR) is 156 cm³/mol. The Bertz CT molecular complexity index is 1610. The van der Waals surface area contributed by atoms with Crippen LogP contribution in [0, 0.1) is 5.82 Å². The number of aliphatic hydroxyl groups is 1. The van der Waals surface area contributed by atoms with Gasteiger partial charge in [0.25, 0.3) is 11.5 Å². The van der Waals surface area contributed by atoms with Crippen LogP contribution in [0.2, 0.25) is 0 Å². The lowest BCUT2D eigenvalue weighted by Gasteiger charge is -2.20. The Morgan fingerprint density at radius 2 is 1.79 bits per heavy atom. The van der Waals surface area contributed by atoms with Crippen molar-refractivity contribution < 1.29 is 33.7 Å². The highest BCUT2D eigenvalue weighted by Gasteiger charge is 2.24. The van der Waals surface area contributed by atoms with Gasteiger partial charge in [0.15, 0.2) is 5.75 Å². The minimum Gasteiger partial charge on any atom is -0.505 e. The van der Waals surface area contributed by atoms with Gasteiger partial charge in [0.2, 0.25) is 0 Å². The monoisotopic (exact) mass is 592 g/mol. The summed E-state index contributed by atoms with van der Waals surface area (Å²) in [6.45, 7) is 0.142. The van der Waals surface area contributed by atoms with Gasteiger partial charge < -0.3 is 34.5 Å². The van der Waals surface area contributed by atoms with Gasteiger partial charge >= 0.3 is 6.09 Å². The molecule has 11 nitrogen and oxygen atoms in total. The first kappa shape index (κ1) is 31.1. The van der Waals surface area contributed by atoms with Crippen LogP contribution in [0.3, 0.4) is 0 Å². The van der Waals surface area contributed by atoms with Crippen molar-refractivity contribution in [3.8, 4) is 5.75 Å². The van der Waals surface area contributed by atoms with E-state index in [9.17, 15) is 23.9 Å². The molecule has 0 bridgehead atoms. The first-order chi connectivity index (χ1) is 20.8. The number of nitrogens with zero attached hydrogens (tertiary/aromatic N) is 3. The Labute approximate surface area is 247 Å². The van der Waals surface area contributed by atoms with E-state index in [4.69, 9.17) is 14.6 Å². The Balaban J connectivity index is 1.61. The van der Waals surface area contributed by atoms with E-state index in [1.54, 1.807) is 18.2 Å². The average molecular weight is 593 g/mol. The third-order valence-electron chi connectivity index (χ3n) is 6.63. The van der Waals surface area contributed by atoms with Crippen LogP contribution in [0.5, 0.6) is 5.75 Å². The molecule has 2 aromatic heterocycles. The van der Waals surface area contributed by atoms with E-state index in [0.29, 0.717) is 12.0 Å². The number of aromatic nitrogens is 2. The topological polar surface area (TPSA) is 143 Å². The highest BCUT2D eigenvalue weighted by molar-refractivity contribution is 6.01. The minimum absolute atomic E-state index is 0.0263. The van der Waals surface area contributed by atoms with Gasteiger partial charge in [-0.1, -0.05) is 42.5 Å². The molecule has 0 aliphatic rings. The summed E-state index contributed by atoms with van der Waals surface area (Å²) in [6.07, 6.45) is 1.29. The van der Waals surface area contributed by atoms with Crippen LogP contribution >= 0.6 is 0 Å². The van der Waals surface area contributed by atoms with E-state index < -0.39 is 28.9 Å². The zero-order chi connectivity index (χ0) is 30.8. The van der Waals surface area contributed by atoms with Crippen molar-refractivity contribution in [3.05, 3.63) is 105 Å². The molecule has 0 fully saturated rings. The number of halogens is 1. The molecule has 2 heterocycles. The van der Waals surface area contributed by atoms with Crippen LogP contribution in [0.4, 0.5) is 9.18 Å². The lowest BCUT2D eigenvalue weighted by molar-refractivity contribution is 0.0835. The first-order valence-corrected chi connectivity index (χ1v) is 13.7. The highest BCUT2D eigenvalue weighted by atomic mass is 19.1. The van der Waals surface area contributed by atoms with E-state index in [1.165, 1.54) is 34.8 Å². The van der Waals surface area contributed by atoms with E-state index in [0.717, 1.165) is 11.1 Å². The maximum absolute atomic E-state index is 13.7. The molecule has 0 aliphatic carbocycles. The number of aromatic hydroxyl groups is 1. The average Bonchev–Trinajstić information content (AvgIpc) is 3.01. The van der Waals surface area contributed by atoms with Gasteiger partial charge in [0.1, 0.15) is 23.5 Å². The molecule has 43 heavy (non-hydrogen) atoms. The van der Waals surface area contributed by atoms with Crippen molar-refractivity contribution in [2.24, 2.45) is 0 Å². The minimum atomic E-state index is -0.821. The van der Waals surface area contributed by atoms with Gasteiger partial charge in [-0.05, 0) is 41.3 Å². The quantitative estimate of drug-likeness (QED) is 0.201. The number of aliphatic hydroxyl groups excluding tert-OH is 1. The Hall–Kier alpha value is -4.81. The molecule has 0 spiro atoms. The maximum Gasteiger partial charge on any atom is 0.409 e. The number of carbonyl (C=O) groups excluding carboxylic acids is 2. The van der Waals surface area contributed by atoms with Crippen LogP contribution in [-0.4, -0.2) is 76.6 Å². The fraction of sp³-hybridized carbons (Fsp3) is 0.290. The second-order valence-corrected chi connectivity index (χ2v) is 9.75. The number of amides is 2. The molecule has 4 aromatic rings. The molecule has 0 saturated carbocycles. The number of benzene rings is 2. The van der Waals surface area contributed by atoms with Crippen LogP contribution < -0.4 is 10.9 Å². The van der Waals surface area contributed by atoms with Crippen molar-refractivity contribution in [2.75, 3.05) is 40.0 Å². The largest absolute Gasteiger partial charge is 0.505 e. The molecular weight excluding hydrogens is 559 g/mol.